The Morgan fingerprint density at radius 3 is 2.36 bits per heavy atom. The molecule has 59 heavy (non-hydrogen) atoms. The number of likely N-dealkylation sites (N-methyl/N-ethyl adjacent to an activating group) is 1. The summed E-state index contributed by atoms with van der Waals surface area (Å²) in [5.41, 5.74) is 4.38. The van der Waals surface area contributed by atoms with Gasteiger partial charge in [0.25, 0.3) is 5.91 Å². The molecule has 3 aromatic carbocycles. The molecule has 1 aliphatic heterocycles. The standard InChI is InChI=1S/C46H66N6O7/c1-27-36-21-32(46(36,3)4)22-37(27)48-41(55)23-39-42(28(2)54)40(26-53)59-52(39)24-29-14-13-17-35(43(29)58-9)30-18-31(20-34(19-30)51(7)8)44(56)49-38(25-50(5)6)45(57)47-33-15-11-10-12-16-33/h10-20,27-28,32,36-42,48,53-55H,21-26H2,1-9H3,(H,47,57)(H,49,56)/t27-,28-,32+,36-,37-,38+,39+,40-,41?,42-/m0/s1. The second-order valence-electron chi connectivity index (χ2n) is 18.1. The van der Waals surface area contributed by atoms with E-state index in [1.165, 1.54) is 6.42 Å². The maximum atomic E-state index is 14.0. The highest BCUT2D eigenvalue weighted by molar-refractivity contribution is 6.02. The third-order valence-electron chi connectivity index (χ3n) is 13.3. The maximum absolute atomic E-state index is 14.0. The van der Waals surface area contributed by atoms with Crippen molar-refractivity contribution in [3.05, 3.63) is 77.9 Å². The number of hydrogen-bond donors (Lipinski definition) is 6. The highest BCUT2D eigenvalue weighted by atomic mass is 16.7. The van der Waals surface area contributed by atoms with E-state index < -0.39 is 42.3 Å². The molecular weight excluding hydrogens is 749 g/mol. The van der Waals surface area contributed by atoms with Gasteiger partial charge in [-0.05, 0) is 92.9 Å². The van der Waals surface area contributed by atoms with E-state index in [1.54, 1.807) is 43.4 Å². The zero-order valence-electron chi connectivity index (χ0n) is 36.2. The van der Waals surface area contributed by atoms with Crippen LogP contribution in [0.4, 0.5) is 11.4 Å². The van der Waals surface area contributed by atoms with E-state index in [0.29, 0.717) is 46.7 Å². The molecule has 3 aliphatic carbocycles. The molecule has 3 aromatic rings. The van der Waals surface area contributed by atoms with Crippen LogP contribution >= 0.6 is 0 Å². The lowest BCUT2D eigenvalue weighted by atomic mass is 9.45. The summed E-state index contributed by atoms with van der Waals surface area (Å²) in [5.74, 6) is 1.08. The highest BCUT2D eigenvalue weighted by Gasteiger charge is 2.56. The average molecular weight is 815 g/mol. The van der Waals surface area contributed by atoms with Crippen LogP contribution in [0.5, 0.6) is 5.75 Å². The number of ether oxygens (including phenoxy) is 1. The van der Waals surface area contributed by atoms with Crippen molar-refractivity contribution in [1.29, 1.82) is 0 Å². The number of methoxy groups -OCH3 is 1. The molecule has 2 amide bonds. The van der Waals surface area contributed by atoms with E-state index in [4.69, 9.17) is 9.57 Å². The number of rotatable bonds is 17. The summed E-state index contributed by atoms with van der Waals surface area (Å²) in [4.78, 5) is 37.6. The molecule has 10 atom stereocenters. The van der Waals surface area contributed by atoms with E-state index in [9.17, 15) is 24.9 Å². The van der Waals surface area contributed by atoms with Gasteiger partial charge in [-0.1, -0.05) is 57.2 Å². The molecular formula is C46H66N6O7. The minimum absolute atomic E-state index is 0.197. The fraction of sp³-hybridized carbons (Fsp3) is 0.565. The number of para-hydroxylation sites is 2. The van der Waals surface area contributed by atoms with Crippen LogP contribution in [0, 0.1) is 29.1 Å². The minimum Gasteiger partial charge on any atom is -0.496 e. The molecule has 0 aromatic heterocycles. The van der Waals surface area contributed by atoms with Crippen LogP contribution in [-0.4, -0.2) is 122 Å². The van der Waals surface area contributed by atoms with E-state index in [-0.39, 0.29) is 31.5 Å². The summed E-state index contributed by atoms with van der Waals surface area (Å²) in [6.45, 7) is 8.97. The van der Waals surface area contributed by atoms with Gasteiger partial charge >= 0.3 is 0 Å². The van der Waals surface area contributed by atoms with E-state index in [1.807, 2.05) is 80.5 Å². The number of carbonyl (C=O) groups is 2. The Morgan fingerprint density at radius 1 is 1.02 bits per heavy atom. The highest BCUT2D eigenvalue weighted by Crippen LogP contribution is 2.61. The summed E-state index contributed by atoms with van der Waals surface area (Å²) < 4.78 is 6.11. The summed E-state index contributed by atoms with van der Waals surface area (Å²) in [6, 6.07) is 19.5. The van der Waals surface area contributed by atoms with E-state index in [0.717, 1.165) is 28.8 Å². The van der Waals surface area contributed by atoms with Gasteiger partial charge in [0.1, 0.15) is 24.1 Å². The molecule has 322 valence electrons. The Balaban J connectivity index is 1.25. The van der Waals surface area contributed by atoms with Crippen molar-refractivity contribution in [2.24, 2.45) is 29.1 Å². The topological polar surface area (TPSA) is 159 Å². The summed E-state index contributed by atoms with van der Waals surface area (Å²) in [6.07, 6.45) is 0.254. The first-order valence-electron chi connectivity index (χ1n) is 21.0. The van der Waals surface area contributed by atoms with E-state index >= 15 is 0 Å². The van der Waals surface area contributed by atoms with Crippen molar-refractivity contribution in [2.45, 2.75) is 90.1 Å². The fourth-order valence-corrected chi connectivity index (χ4v) is 9.95. The number of hydrogen-bond acceptors (Lipinski definition) is 11. The first-order chi connectivity index (χ1) is 28.0. The van der Waals surface area contributed by atoms with Crippen LogP contribution < -0.4 is 25.6 Å². The number of hydroxylamine groups is 2. The molecule has 2 bridgehead atoms. The first-order valence-corrected chi connectivity index (χ1v) is 21.0. The number of aliphatic hydroxyl groups excluding tert-OH is 3. The zero-order chi connectivity index (χ0) is 42.8. The number of fused-ring (bicyclic) bond motifs is 2. The first kappa shape index (κ1) is 44.5. The lowest BCUT2D eigenvalue weighted by Crippen LogP contribution is -2.61. The van der Waals surface area contributed by atoms with Crippen molar-refractivity contribution >= 4 is 23.2 Å². The van der Waals surface area contributed by atoms with Gasteiger partial charge in [0, 0.05) is 73.1 Å². The van der Waals surface area contributed by atoms with Crippen LogP contribution in [0.2, 0.25) is 0 Å². The lowest BCUT2D eigenvalue weighted by molar-refractivity contribution is -0.182. The molecule has 4 aliphatic rings. The lowest BCUT2D eigenvalue weighted by Gasteiger charge is -2.62. The second-order valence-corrected chi connectivity index (χ2v) is 18.1. The molecule has 13 heteroatoms. The van der Waals surface area contributed by atoms with Crippen LogP contribution in [0.25, 0.3) is 11.1 Å². The minimum atomic E-state index is -0.842. The molecule has 3 saturated carbocycles. The Morgan fingerprint density at radius 2 is 1.75 bits per heavy atom. The van der Waals surface area contributed by atoms with Gasteiger partial charge in [-0.3, -0.25) is 19.7 Å². The van der Waals surface area contributed by atoms with Crippen molar-refractivity contribution in [3.63, 3.8) is 0 Å². The Kier molecular flexibility index (Phi) is 14.1. The van der Waals surface area contributed by atoms with Crippen LogP contribution in [0.15, 0.2) is 66.7 Å². The Bertz CT molecular complexity index is 1910. The Hall–Kier alpha value is -4.08. The van der Waals surface area contributed by atoms with Gasteiger partial charge in [0.15, 0.2) is 0 Å². The number of amides is 2. The third-order valence-corrected chi connectivity index (χ3v) is 13.3. The Labute approximate surface area is 350 Å². The molecule has 1 heterocycles. The SMILES string of the molecule is COc1c(CN2O[C@@H](CO)[C@@H]([C@H](C)O)[C@H]2CC(O)N[C@H]2C[C@H]3C[C@@H]([C@@H]2C)C3(C)C)cccc1-c1cc(C(=O)N[C@H](CN(C)C)C(=O)Nc2ccccc2)cc(N(C)C)c1. The van der Waals surface area contributed by atoms with Crippen LogP contribution in [-0.2, 0) is 16.2 Å². The number of nitrogens with one attached hydrogen (secondary N) is 3. The zero-order valence-corrected chi connectivity index (χ0v) is 36.2. The third kappa shape index (κ3) is 9.78. The number of aliphatic hydroxyl groups is 3. The van der Waals surface area contributed by atoms with Gasteiger partial charge in [-0.25, -0.2) is 0 Å². The molecule has 6 N–H and O–H groups in total. The van der Waals surface area contributed by atoms with Gasteiger partial charge in [0.2, 0.25) is 5.91 Å². The maximum Gasteiger partial charge on any atom is 0.252 e. The van der Waals surface area contributed by atoms with E-state index in [2.05, 4.69) is 36.7 Å². The average Bonchev–Trinajstić information content (AvgIpc) is 3.54. The van der Waals surface area contributed by atoms with Crippen molar-refractivity contribution in [3.8, 4) is 16.9 Å². The van der Waals surface area contributed by atoms with Crippen molar-refractivity contribution in [2.75, 3.05) is 58.7 Å². The van der Waals surface area contributed by atoms with Crippen LogP contribution in [0.1, 0.15) is 62.9 Å². The number of carbonyl (C=O) groups excluding carboxylic acids is 2. The quantitative estimate of drug-likeness (QED) is 0.106. The molecule has 0 radical (unpaired) electrons. The number of anilines is 2. The monoisotopic (exact) mass is 814 g/mol. The molecule has 1 saturated heterocycles. The fourth-order valence-electron chi connectivity index (χ4n) is 9.95. The predicted molar refractivity (Wildman–Crippen MR) is 231 cm³/mol. The van der Waals surface area contributed by atoms with Crippen LogP contribution in [0.3, 0.4) is 0 Å². The molecule has 1 unspecified atom stereocenters. The van der Waals surface area contributed by atoms with Gasteiger partial charge in [-0.2, -0.15) is 5.06 Å². The summed E-state index contributed by atoms with van der Waals surface area (Å²) >= 11 is 0. The molecule has 4 fully saturated rings. The molecule has 0 spiro atoms. The van der Waals surface area contributed by atoms with Gasteiger partial charge in [-0.15, -0.1) is 0 Å². The molecule has 13 nitrogen and oxygen atoms in total. The van der Waals surface area contributed by atoms with Gasteiger partial charge < -0.3 is 40.5 Å². The normalized spacial score (nSPS) is 26.4. The smallest absolute Gasteiger partial charge is 0.252 e. The number of nitrogens with zero attached hydrogens (tertiary/aromatic N) is 3. The summed E-state index contributed by atoms with van der Waals surface area (Å²) in [5, 5.41) is 44.2. The second kappa shape index (κ2) is 18.7. The van der Waals surface area contributed by atoms with Crippen molar-refractivity contribution < 1.29 is 34.5 Å². The molecule has 7 rings (SSSR count). The number of benzene rings is 3. The largest absolute Gasteiger partial charge is 0.496 e. The summed E-state index contributed by atoms with van der Waals surface area (Å²) in [7, 11) is 9.11. The van der Waals surface area contributed by atoms with Gasteiger partial charge in [0.05, 0.1) is 26.4 Å². The van der Waals surface area contributed by atoms with Crippen molar-refractivity contribution in [1.82, 2.24) is 20.6 Å². The predicted octanol–water partition coefficient (Wildman–Crippen LogP) is 4.57.